The lowest BCUT2D eigenvalue weighted by Crippen LogP contribution is -2.33. The van der Waals surface area contributed by atoms with Crippen molar-refractivity contribution >= 4 is 17.3 Å². The first-order valence-corrected chi connectivity index (χ1v) is 13.3. The minimum atomic E-state index is -1.09. The van der Waals surface area contributed by atoms with E-state index in [0.29, 0.717) is 11.3 Å². The Bertz CT molecular complexity index is 1200. The van der Waals surface area contributed by atoms with Crippen LogP contribution in [0.1, 0.15) is 78.5 Å². The molecule has 0 aliphatic carbocycles. The standard InChI is InChI=1S/C31H39N3O2/c1-8-23-19-26-29(32-20-23)31(36-30(26)35,27-15-13-24(17-21(27)6)33(9-2)10-3)28-16-14-25(18-22(28)7)34(11-4)12-5/h13-20H,8-12H2,1-7H3. The van der Waals surface area contributed by atoms with Crippen molar-refractivity contribution in [1.29, 1.82) is 0 Å². The van der Waals surface area contributed by atoms with E-state index >= 15 is 0 Å². The van der Waals surface area contributed by atoms with Crippen LogP contribution in [0.4, 0.5) is 11.4 Å². The molecule has 1 aromatic heterocycles. The number of cyclic esters (lactones) is 1. The monoisotopic (exact) mass is 485 g/mol. The molecule has 2 aromatic carbocycles. The molecule has 5 heteroatoms. The van der Waals surface area contributed by atoms with Crippen molar-refractivity contribution in [2.45, 2.75) is 60.5 Å². The maximum absolute atomic E-state index is 13.4. The highest BCUT2D eigenvalue weighted by atomic mass is 16.6. The number of hydrogen-bond donors (Lipinski definition) is 0. The number of hydrogen-bond acceptors (Lipinski definition) is 5. The number of pyridine rings is 1. The highest BCUT2D eigenvalue weighted by molar-refractivity contribution is 5.96. The van der Waals surface area contributed by atoms with Crippen LogP contribution < -0.4 is 9.80 Å². The number of carbonyl (C=O) groups is 1. The Balaban J connectivity index is 1.98. The molecule has 36 heavy (non-hydrogen) atoms. The van der Waals surface area contributed by atoms with Crippen LogP contribution in [-0.2, 0) is 16.8 Å². The van der Waals surface area contributed by atoms with Gasteiger partial charge in [-0.05, 0) is 95.0 Å². The maximum atomic E-state index is 13.4. The molecule has 0 saturated heterocycles. The number of benzene rings is 2. The van der Waals surface area contributed by atoms with E-state index in [-0.39, 0.29) is 5.97 Å². The molecular weight excluding hydrogens is 446 g/mol. The molecule has 190 valence electrons. The number of rotatable bonds is 9. The van der Waals surface area contributed by atoms with Crippen LogP contribution in [-0.4, -0.2) is 37.1 Å². The van der Waals surface area contributed by atoms with Gasteiger partial charge in [0, 0.05) is 54.9 Å². The highest BCUT2D eigenvalue weighted by Gasteiger charge is 2.51. The van der Waals surface area contributed by atoms with E-state index in [1.54, 1.807) is 0 Å². The van der Waals surface area contributed by atoms with Crippen LogP contribution in [0.25, 0.3) is 0 Å². The van der Waals surface area contributed by atoms with Crippen molar-refractivity contribution < 1.29 is 9.53 Å². The first-order chi connectivity index (χ1) is 17.3. The largest absolute Gasteiger partial charge is 0.439 e. The lowest BCUT2D eigenvalue weighted by Gasteiger charge is -2.33. The predicted molar refractivity (Wildman–Crippen MR) is 148 cm³/mol. The molecule has 0 N–H and O–H groups in total. The van der Waals surface area contributed by atoms with Crippen molar-refractivity contribution in [1.82, 2.24) is 4.98 Å². The predicted octanol–water partition coefficient (Wildman–Crippen LogP) is 6.42. The topological polar surface area (TPSA) is 45.7 Å². The lowest BCUT2D eigenvalue weighted by atomic mass is 9.78. The number of aromatic nitrogens is 1. The quantitative estimate of drug-likeness (QED) is 0.328. The van der Waals surface area contributed by atoms with Crippen LogP contribution in [0.15, 0.2) is 48.7 Å². The van der Waals surface area contributed by atoms with Crippen LogP contribution >= 0.6 is 0 Å². The van der Waals surface area contributed by atoms with Gasteiger partial charge in [0.15, 0.2) is 0 Å². The summed E-state index contributed by atoms with van der Waals surface area (Å²) in [7, 11) is 0. The van der Waals surface area contributed by atoms with Crippen LogP contribution in [0.2, 0.25) is 0 Å². The van der Waals surface area contributed by atoms with Gasteiger partial charge in [-0.3, -0.25) is 4.98 Å². The first kappa shape index (κ1) is 25.7. The summed E-state index contributed by atoms with van der Waals surface area (Å²) in [6, 6.07) is 14.9. The maximum Gasteiger partial charge on any atom is 0.341 e. The van der Waals surface area contributed by atoms with Crippen molar-refractivity contribution in [3.8, 4) is 0 Å². The minimum Gasteiger partial charge on any atom is -0.439 e. The second kappa shape index (κ2) is 10.3. The number of carbonyl (C=O) groups excluding carboxylic acids is 1. The first-order valence-electron chi connectivity index (χ1n) is 13.3. The summed E-state index contributed by atoms with van der Waals surface area (Å²) < 4.78 is 6.43. The summed E-state index contributed by atoms with van der Waals surface area (Å²) in [5, 5.41) is 0. The third-order valence-corrected chi connectivity index (χ3v) is 7.59. The van der Waals surface area contributed by atoms with Crippen LogP contribution in [0.3, 0.4) is 0 Å². The van der Waals surface area contributed by atoms with Gasteiger partial charge in [-0.1, -0.05) is 19.1 Å². The lowest BCUT2D eigenvalue weighted by molar-refractivity contribution is 0.0240. The molecule has 4 rings (SSSR count). The smallest absolute Gasteiger partial charge is 0.341 e. The van der Waals surface area contributed by atoms with Crippen molar-refractivity contribution in [2.75, 3.05) is 36.0 Å². The van der Waals surface area contributed by atoms with Gasteiger partial charge in [0.25, 0.3) is 0 Å². The van der Waals surface area contributed by atoms with Gasteiger partial charge in [0.05, 0.1) is 5.56 Å². The molecule has 1 aliphatic heterocycles. The second-order valence-electron chi connectivity index (χ2n) is 9.51. The third kappa shape index (κ3) is 4.15. The Kier molecular flexibility index (Phi) is 7.39. The Morgan fingerprint density at radius 1 is 0.778 bits per heavy atom. The average Bonchev–Trinajstić information content (AvgIpc) is 3.17. The molecule has 0 fully saturated rings. The molecule has 0 radical (unpaired) electrons. The van der Waals surface area contributed by atoms with Gasteiger partial charge in [0.1, 0.15) is 5.69 Å². The Morgan fingerprint density at radius 2 is 1.28 bits per heavy atom. The van der Waals surface area contributed by atoms with Crippen LogP contribution in [0.5, 0.6) is 0 Å². The highest BCUT2D eigenvalue weighted by Crippen LogP contribution is 2.49. The average molecular weight is 486 g/mol. The van der Waals surface area contributed by atoms with Gasteiger partial charge in [-0.15, -0.1) is 0 Å². The van der Waals surface area contributed by atoms with Crippen molar-refractivity contribution in [2.24, 2.45) is 0 Å². The summed E-state index contributed by atoms with van der Waals surface area (Å²) in [4.78, 5) is 22.9. The van der Waals surface area contributed by atoms with E-state index in [1.165, 1.54) is 11.4 Å². The van der Waals surface area contributed by atoms with E-state index in [0.717, 1.165) is 60.4 Å². The zero-order valence-electron chi connectivity index (χ0n) is 22.8. The summed E-state index contributed by atoms with van der Waals surface area (Å²) >= 11 is 0. The fourth-order valence-corrected chi connectivity index (χ4v) is 5.55. The number of aryl methyl sites for hydroxylation is 3. The van der Waals surface area contributed by atoms with Gasteiger partial charge in [-0.25, -0.2) is 4.79 Å². The molecule has 0 bridgehead atoms. The number of esters is 1. The zero-order chi connectivity index (χ0) is 26.0. The van der Waals surface area contributed by atoms with Gasteiger partial charge in [-0.2, -0.15) is 0 Å². The molecule has 0 unspecified atom stereocenters. The molecule has 3 aromatic rings. The molecule has 0 spiro atoms. The molecular formula is C31H39N3O2. The van der Waals surface area contributed by atoms with Gasteiger partial charge in [0.2, 0.25) is 5.60 Å². The van der Waals surface area contributed by atoms with E-state index in [1.807, 2.05) is 12.3 Å². The van der Waals surface area contributed by atoms with E-state index in [2.05, 4.69) is 94.7 Å². The normalized spacial score (nSPS) is 13.9. The zero-order valence-corrected chi connectivity index (χ0v) is 22.8. The summed E-state index contributed by atoms with van der Waals surface area (Å²) in [6.45, 7) is 18.7. The molecule has 2 heterocycles. The number of ether oxygens (including phenoxy) is 1. The van der Waals surface area contributed by atoms with Crippen molar-refractivity contribution in [3.05, 3.63) is 87.7 Å². The van der Waals surface area contributed by atoms with E-state index < -0.39 is 5.60 Å². The summed E-state index contributed by atoms with van der Waals surface area (Å²) in [5.41, 5.74) is 7.60. The Morgan fingerprint density at radius 3 is 1.69 bits per heavy atom. The molecule has 5 nitrogen and oxygen atoms in total. The minimum absolute atomic E-state index is 0.313. The van der Waals surface area contributed by atoms with Crippen LogP contribution in [0, 0.1) is 13.8 Å². The molecule has 0 atom stereocenters. The second-order valence-corrected chi connectivity index (χ2v) is 9.51. The summed E-state index contributed by atoms with van der Waals surface area (Å²) in [5.74, 6) is -0.313. The third-order valence-electron chi connectivity index (χ3n) is 7.59. The van der Waals surface area contributed by atoms with E-state index in [9.17, 15) is 4.79 Å². The van der Waals surface area contributed by atoms with Crippen molar-refractivity contribution in [3.63, 3.8) is 0 Å². The molecule has 1 aliphatic rings. The van der Waals surface area contributed by atoms with Gasteiger partial charge < -0.3 is 14.5 Å². The summed E-state index contributed by atoms with van der Waals surface area (Å²) in [6.07, 6.45) is 2.70. The SMILES string of the molecule is CCc1cnc2c(c1)C(=O)OC2(c1ccc(N(CC)CC)cc1C)c1ccc(N(CC)CC)cc1C. The number of anilines is 2. The molecule has 0 amide bonds. The number of nitrogens with zero attached hydrogens (tertiary/aromatic N) is 3. The fraction of sp³-hybridized carbons (Fsp3) is 0.419. The fourth-order valence-electron chi connectivity index (χ4n) is 5.55. The Hall–Kier alpha value is -3.34. The molecule has 0 saturated carbocycles. The number of fused-ring (bicyclic) bond motifs is 1. The van der Waals surface area contributed by atoms with E-state index in [4.69, 9.17) is 9.72 Å². The van der Waals surface area contributed by atoms with Gasteiger partial charge >= 0.3 is 5.97 Å². The Labute approximate surface area is 216 Å².